The molecule has 20 heavy (non-hydrogen) atoms. The lowest BCUT2D eigenvalue weighted by molar-refractivity contribution is 0.473. The van der Waals surface area contributed by atoms with Crippen molar-refractivity contribution in [3.8, 4) is 5.75 Å². The second kappa shape index (κ2) is 5.16. The highest BCUT2D eigenvalue weighted by Gasteiger charge is 2.16. The van der Waals surface area contributed by atoms with Crippen LogP contribution in [0.1, 0.15) is 49.3 Å². The van der Waals surface area contributed by atoms with Crippen molar-refractivity contribution in [2.24, 2.45) is 0 Å². The number of hydrogen-bond acceptors (Lipinski definition) is 2. The summed E-state index contributed by atoms with van der Waals surface area (Å²) >= 11 is 0. The van der Waals surface area contributed by atoms with E-state index in [4.69, 9.17) is 0 Å². The van der Waals surface area contributed by atoms with Gasteiger partial charge in [0.05, 0.1) is 5.52 Å². The van der Waals surface area contributed by atoms with E-state index in [0.717, 1.165) is 11.1 Å². The molecule has 2 rings (SSSR count). The highest BCUT2D eigenvalue weighted by atomic mass is 16.3. The predicted octanol–water partition coefficient (Wildman–Crippen LogP) is 3.96. The smallest absolute Gasteiger partial charge is 0.251 e. The number of phenolic OH excluding ortho intramolecular Hbond substituents is 1. The predicted molar refractivity (Wildman–Crippen MR) is 83.7 cm³/mol. The molecule has 1 atom stereocenters. The van der Waals surface area contributed by atoms with Crippen LogP contribution in [0.3, 0.4) is 0 Å². The lowest BCUT2D eigenvalue weighted by Gasteiger charge is -2.15. The van der Waals surface area contributed by atoms with Gasteiger partial charge >= 0.3 is 0 Å². The Hall–Kier alpha value is -2.03. The summed E-state index contributed by atoms with van der Waals surface area (Å²) in [5, 5.41) is 11.2. The first kappa shape index (κ1) is 14.4. The molecule has 106 valence electrons. The van der Waals surface area contributed by atoms with Gasteiger partial charge in [-0.05, 0) is 30.5 Å². The number of phenols is 1. The quantitative estimate of drug-likeness (QED) is 0.830. The number of H-pyrrole nitrogens is 1. The second-order valence-corrected chi connectivity index (χ2v) is 5.65. The molecule has 0 amide bonds. The molecule has 1 aromatic carbocycles. The van der Waals surface area contributed by atoms with E-state index in [9.17, 15) is 9.90 Å². The minimum atomic E-state index is -0.0838. The summed E-state index contributed by atoms with van der Waals surface area (Å²) in [6.07, 6.45) is 1.80. The molecule has 2 aromatic rings. The fourth-order valence-corrected chi connectivity index (χ4v) is 2.48. The van der Waals surface area contributed by atoms with E-state index >= 15 is 0 Å². The van der Waals surface area contributed by atoms with E-state index < -0.39 is 0 Å². The minimum Gasteiger partial charge on any atom is -0.507 e. The van der Waals surface area contributed by atoms with Crippen molar-refractivity contribution in [3.63, 3.8) is 0 Å². The first-order chi connectivity index (χ1) is 9.36. The third-order valence-corrected chi connectivity index (χ3v) is 3.83. The Morgan fingerprint density at radius 2 is 1.90 bits per heavy atom. The van der Waals surface area contributed by atoms with Gasteiger partial charge in [0.25, 0.3) is 5.56 Å². The molecule has 0 spiro atoms. The van der Waals surface area contributed by atoms with Crippen molar-refractivity contribution in [3.05, 3.63) is 51.8 Å². The zero-order chi connectivity index (χ0) is 15.0. The Morgan fingerprint density at radius 3 is 2.45 bits per heavy atom. The zero-order valence-electron chi connectivity index (χ0n) is 12.4. The van der Waals surface area contributed by atoms with Crippen LogP contribution >= 0.6 is 0 Å². The molecule has 1 heterocycles. The van der Waals surface area contributed by atoms with Crippen LogP contribution in [0.15, 0.2) is 29.6 Å². The van der Waals surface area contributed by atoms with Crippen LogP contribution in [0.4, 0.5) is 0 Å². The molecule has 0 aliphatic heterocycles. The Bertz CT molecular complexity index is 726. The molecule has 0 radical (unpaired) electrons. The SMILES string of the molecule is C=CC(C)c1cc(C)c2[nH]c(=O)c(C(C)C)cc2c1O. The van der Waals surface area contributed by atoms with Crippen molar-refractivity contribution in [2.75, 3.05) is 0 Å². The van der Waals surface area contributed by atoms with E-state index in [0.29, 0.717) is 16.5 Å². The lowest BCUT2D eigenvalue weighted by atomic mass is 9.93. The molecule has 0 aliphatic carbocycles. The fraction of sp³-hybridized carbons (Fsp3) is 0.353. The van der Waals surface area contributed by atoms with Gasteiger partial charge in [0.2, 0.25) is 0 Å². The monoisotopic (exact) mass is 271 g/mol. The maximum Gasteiger partial charge on any atom is 0.251 e. The Morgan fingerprint density at radius 1 is 1.25 bits per heavy atom. The van der Waals surface area contributed by atoms with Crippen molar-refractivity contribution in [1.29, 1.82) is 0 Å². The number of aromatic hydroxyl groups is 1. The second-order valence-electron chi connectivity index (χ2n) is 5.65. The van der Waals surface area contributed by atoms with E-state index in [-0.39, 0.29) is 23.1 Å². The van der Waals surface area contributed by atoms with E-state index in [2.05, 4.69) is 11.6 Å². The highest BCUT2D eigenvalue weighted by Crippen LogP contribution is 2.35. The van der Waals surface area contributed by atoms with Gasteiger partial charge in [0.1, 0.15) is 5.75 Å². The van der Waals surface area contributed by atoms with Crippen LogP contribution in [0.2, 0.25) is 0 Å². The Kier molecular flexibility index (Phi) is 3.71. The largest absolute Gasteiger partial charge is 0.507 e. The standard InChI is InChI=1S/C17H21NO2/c1-6-10(4)13-7-11(5)15-14(16(13)19)8-12(9(2)3)17(20)18-15/h6-10,19H,1H2,2-5H3,(H,18,20). The van der Waals surface area contributed by atoms with Gasteiger partial charge in [-0.2, -0.15) is 0 Å². The first-order valence-corrected chi connectivity index (χ1v) is 6.88. The molecule has 1 aromatic heterocycles. The zero-order valence-corrected chi connectivity index (χ0v) is 12.4. The summed E-state index contributed by atoms with van der Waals surface area (Å²) in [6, 6.07) is 3.72. The summed E-state index contributed by atoms with van der Waals surface area (Å²) in [5.74, 6) is 0.409. The minimum absolute atomic E-state index is 0.0625. The summed E-state index contributed by atoms with van der Waals surface area (Å²) in [5.41, 5.74) is 3.10. The van der Waals surface area contributed by atoms with Gasteiger partial charge in [-0.3, -0.25) is 4.79 Å². The van der Waals surface area contributed by atoms with E-state index in [1.54, 1.807) is 12.1 Å². The molecule has 1 unspecified atom stereocenters. The summed E-state index contributed by atoms with van der Waals surface area (Å²) < 4.78 is 0. The molecule has 3 heteroatoms. The van der Waals surface area contributed by atoms with Crippen LogP contribution in [-0.2, 0) is 0 Å². The van der Waals surface area contributed by atoms with Crippen molar-refractivity contribution in [1.82, 2.24) is 4.98 Å². The van der Waals surface area contributed by atoms with Gasteiger partial charge < -0.3 is 10.1 Å². The van der Waals surface area contributed by atoms with Gasteiger partial charge in [0.15, 0.2) is 0 Å². The van der Waals surface area contributed by atoms with Gasteiger partial charge in [-0.1, -0.05) is 26.8 Å². The van der Waals surface area contributed by atoms with Crippen molar-refractivity contribution in [2.45, 2.75) is 39.5 Å². The fourth-order valence-electron chi connectivity index (χ4n) is 2.48. The number of nitrogens with one attached hydrogen (secondary N) is 1. The normalized spacial score (nSPS) is 12.8. The van der Waals surface area contributed by atoms with Gasteiger partial charge in [0, 0.05) is 22.4 Å². The van der Waals surface area contributed by atoms with E-state index in [1.165, 1.54) is 0 Å². The number of aromatic amines is 1. The average Bonchev–Trinajstić information content (AvgIpc) is 2.41. The number of rotatable bonds is 3. The Balaban J connectivity index is 2.87. The van der Waals surface area contributed by atoms with Crippen LogP contribution in [0.25, 0.3) is 10.9 Å². The molecule has 3 nitrogen and oxygen atoms in total. The molecule has 0 fully saturated rings. The van der Waals surface area contributed by atoms with Crippen LogP contribution in [0.5, 0.6) is 5.75 Å². The third kappa shape index (κ3) is 2.24. The summed E-state index contributed by atoms with van der Waals surface area (Å²) in [7, 11) is 0. The number of allylic oxidation sites excluding steroid dienone is 1. The number of fused-ring (bicyclic) bond motifs is 1. The van der Waals surface area contributed by atoms with E-state index in [1.807, 2.05) is 33.8 Å². The maximum atomic E-state index is 12.1. The van der Waals surface area contributed by atoms with Gasteiger partial charge in [-0.25, -0.2) is 0 Å². The summed E-state index contributed by atoms with van der Waals surface area (Å²) in [4.78, 5) is 15.0. The van der Waals surface area contributed by atoms with Crippen molar-refractivity contribution >= 4 is 10.9 Å². The Labute approximate surface area is 119 Å². The number of aromatic nitrogens is 1. The molecule has 0 saturated carbocycles. The number of hydrogen-bond donors (Lipinski definition) is 2. The number of benzene rings is 1. The van der Waals surface area contributed by atoms with Crippen LogP contribution < -0.4 is 5.56 Å². The first-order valence-electron chi connectivity index (χ1n) is 6.88. The molecule has 2 N–H and O–H groups in total. The van der Waals surface area contributed by atoms with Gasteiger partial charge in [-0.15, -0.1) is 6.58 Å². The number of aryl methyl sites for hydroxylation is 1. The number of pyridine rings is 1. The molecule has 0 bridgehead atoms. The molecular weight excluding hydrogens is 250 g/mol. The molecule has 0 saturated heterocycles. The average molecular weight is 271 g/mol. The van der Waals surface area contributed by atoms with Crippen LogP contribution in [-0.4, -0.2) is 10.1 Å². The molecular formula is C17H21NO2. The topological polar surface area (TPSA) is 53.1 Å². The highest BCUT2D eigenvalue weighted by molar-refractivity contribution is 5.89. The lowest BCUT2D eigenvalue weighted by Crippen LogP contribution is -2.14. The maximum absolute atomic E-state index is 12.1. The van der Waals surface area contributed by atoms with Crippen molar-refractivity contribution < 1.29 is 5.11 Å². The van der Waals surface area contributed by atoms with Crippen LogP contribution in [0, 0.1) is 6.92 Å². The molecule has 0 aliphatic rings. The summed E-state index contributed by atoms with van der Waals surface area (Å²) in [6.45, 7) is 11.6. The third-order valence-electron chi connectivity index (χ3n) is 3.83.